The fourth-order valence-electron chi connectivity index (χ4n) is 3.80. The molecule has 1 heterocycles. The second-order valence-electron chi connectivity index (χ2n) is 7.97. The molecule has 0 saturated carbocycles. The lowest BCUT2D eigenvalue weighted by Crippen LogP contribution is -2.39. The Balaban J connectivity index is 1.53. The average Bonchev–Trinajstić information content (AvgIpc) is 2.93. The van der Waals surface area contributed by atoms with E-state index in [1.807, 2.05) is 6.92 Å². The molecule has 33 heavy (non-hydrogen) atoms. The molecule has 4 rings (SSSR count). The Morgan fingerprint density at radius 3 is 2.58 bits per heavy atom. The minimum absolute atomic E-state index is 0.101. The normalized spacial score (nSPS) is 15.4. The van der Waals surface area contributed by atoms with Crippen LogP contribution in [0.3, 0.4) is 0 Å². The zero-order valence-corrected chi connectivity index (χ0v) is 18.2. The molecule has 1 aliphatic rings. The van der Waals surface area contributed by atoms with E-state index in [0.717, 1.165) is 5.56 Å². The number of halogens is 2. The van der Waals surface area contributed by atoms with Gasteiger partial charge >= 0.3 is 0 Å². The summed E-state index contributed by atoms with van der Waals surface area (Å²) in [5, 5.41) is 2.83. The lowest BCUT2D eigenvalue weighted by Gasteiger charge is -2.23. The van der Waals surface area contributed by atoms with Crippen LogP contribution >= 0.6 is 0 Å². The summed E-state index contributed by atoms with van der Waals surface area (Å²) in [6, 6.07) is 17.3. The first-order valence-corrected chi connectivity index (χ1v) is 10.8. The second-order valence-corrected chi connectivity index (χ2v) is 7.97. The number of ether oxygens (including phenoxy) is 1. The molecule has 0 bridgehead atoms. The van der Waals surface area contributed by atoms with Gasteiger partial charge in [0, 0.05) is 29.9 Å². The van der Waals surface area contributed by atoms with Crippen LogP contribution < -0.4 is 10.1 Å². The first-order chi connectivity index (χ1) is 15.9. The van der Waals surface area contributed by atoms with Crippen LogP contribution in [0.5, 0.6) is 5.75 Å². The van der Waals surface area contributed by atoms with Crippen LogP contribution in [-0.2, 0) is 29.1 Å². The van der Waals surface area contributed by atoms with Crippen molar-refractivity contribution in [3.05, 3.63) is 95.1 Å². The van der Waals surface area contributed by atoms with Gasteiger partial charge in [-0.25, -0.2) is 8.78 Å². The van der Waals surface area contributed by atoms with Crippen molar-refractivity contribution in [2.45, 2.75) is 39.0 Å². The SMILES string of the molecule is CC[C@H]1Oc2ccc(NC(=O)Cc3ccc(F)cc3)cc2CN(Cc2ccccc2F)C1=O. The fourth-order valence-corrected chi connectivity index (χ4v) is 3.80. The summed E-state index contributed by atoms with van der Waals surface area (Å²) in [7, 11) is 0. The summed E-state index contributed by atoms with van der Waals surface area (Å²) < 4.78 is 33.2. The minimum atomic E-state index is -0.669. The van der Waals surface area contributed by atoms with Crippen molar-refractivity contribution in [3.8, 4) is 5.75 Å². The Labute approximate surface area is 191 Å². The largest absolute Gasteiger partial charge is 0.480 e. The van der Waals surface area contributed by atoms with Gasteiger partial charge in [0.05, 0.1) is 6.42 Å². The van der Waals surface area contributed by atoms with E-state index in [-0.39, 0.29) is 43.0 Å². The standard InChI is InChI=1S/C26H24F2N2O3/c1-2-23-26(32)30(15-18-5-3-4-6-22(18)28)16-19-14-21(11-12-24(19)33-23)29-25(31)13-17-7-9-20(27)10-8-17/h3-12,14,23H,2,13,15-16H2,1H3,(H,29,31)/t23-/m1/s1. The van der Waals surface area contributed by atoms with Gasteiger partial charge in [-0.15, -0.1) is 0 Å². The number of anilines is 1. The predicted octanol–water partition coefficient (Wildman–Crippen LogP) is 4.85. The maximum absolute atomic E-state index is 14.2. The Bertz CT molecular complexity index is 1160. The Morgan fingerprint density at radius 1 is 1.09 bits per heavy atom. The molecule has 1 N–H and O–H groups in total. The fraction of sp³-hybridized carbons (Fsp3) is 0.231. The highest BCUT2D eigenvalue weighted by atomic mass is 19.1. The van der Waals surface area contributed by atoms with E-state index < -0.39 is 6.10 Å². The van der Waals surface area contributed by atoms with Crippen LogP contribution in [0.25, 0.3) is 0 Å². The molecule has 0 spiro atoms. The number of amides is 2. The van der Waals surface area contributed by atoms with Crippen molar-refractivity contribution in [3.63, 3.8) is 0 Å². The van der Waals surface area contributed by atoms with Gasteiger partial charge in [0.1, 0.15) is 17.4 Å². The predicted molar refractivity (Wildman–Crippen MR) is 121 cm³/mol. The van der Waals surface area contributed by atoms with Gasteiger partial charge < -0.3 is 15.0 Å². The minimum Gasteiger partial charge on any atom is -0.480 e. The van der Waals surface area contributed by atoms with E-state index in [4.69, 9.17) is 4.74 Å². The number of rotatable bonds is 6. The maximum Gasteiger partial charge on any atom is 0.264 e. The van der Waals surface area contributed by atoms with Crippen molar-refractivity contribution >= 4 is 17.5 Å². The summed E-state index contributed by atoms with van der Waals surface area (Å²) in [6.07, 6.45) is -0.0942. The molecular formula is C26H24F2N2O3. The monoisotopic (exact) mass is 450 g/mol. The Kier molecular flexibility index (Phi) is 6.68. The lowest BCUT2D eigenvalue weighted by atomic mass is 10.1. The van der Waals surface area contributed by atoms with Gasteiger partial charge in [-0.3, -0.25) is 9.59 Å². The van der Waals surface area contributed by atoms with Crippen molar-refractivity contribution in [2.24, 2.45) is 0 Å². The van der Waals surface area contributed by atoms with E-state index in [1.165, 1.54) is 18.2 Å². The summed E-state index contributed by atoms with van der Waals surface area (Å²) >= 11 is 0. The number of benzene rings is 3. The van der Waals surface area contributed by atoms with Crippen molar-refractivity contribution < 1.29 is 23.1 Å². The molecule has 170 valence electrons. The number of nitrogens with zero attached hydrogens (tertiary/aromatic N) is 1. The Hall–Kier alpha value is -3.74. The number of fused-ring (bicyclic) bond motifs is 1. The van der Waals surface area contributed by atoms with Crippen molar-refractivity contribution in [2.75, 3.05) is 5.32 Å². The molecule has 3 aromatic carbocycles. The quantitative estimate of drug-likeness (QED) is 0.584. The molecule has 5 nitrogen and oxygen atoms in total. The number of carbonyl (C=O) groups is 2. The molecular weight excluding hydrogens is 426 g/mol. The topological polar surface area (TPSA) is 58.6 Å². The van der Waals surface area contributed by atoms with Crippen LogP contribution in [-0.4, -0.2) is 22.8 Å². The number of carbonyl (C=O) groups excluding carboxylic acids is 2. The van der Waals surface area contributed by atoms with Crippen LogP contribution in [0.1, 0.15) is 30.0 Å². The van der Waals surface area contributed by atoms with Gasteiger partial charge in [-0.1, -0.05) is 37.3 Å². The highest BCUT2D eigenvalue weighted by Gasteiger charge is 2.30. The smallest absolute Gasteiger partial charge is 0.264 e. The molecule has 0 radical (unpaired) electrons. The molecule has 0 fully saturated rings. The van der Waals surface area contributed by atoms with Gasteiger partial charge in [-0.05, 0) is 48.4 Å². The molecule has 0 saturated heterocycles. The van der Waals surface area contributed by atoms with Crippen LogP contribution in [0, 0.1) is 11.6 Å². The number of nitrogens with one attached hydrogen (secondary N) is 1. The summed E-state index contributed by atoms with van der Waals surface area (Å²) in [6.45, 7) is 2.20. The van der Waals surface area contributed by atoms with Crippen molar-refractivity contribution in [1.82, 2.24) is 4.90 Å². The Morgan fingerprint density at radius 2 is 1.85 bits per heavy atom. The number of hydrogen-bond acceptors (Lipinski definition) is 3. The third-order valence-corrected chi connectivity index (χ3v) is 5.53. The average molecular weight is 450 g/mol. The van der Waals surface area contributed by atoms with Crippen LogP contribution in [0.4, 0.5) is 14.5 Å². The summed E-state index contributed by atoms with van der Waals surface area (Å²) in [5.74, 6) is -0.626. The zero-order chi connectivity index (χ0) is 23.4. The maximum atomic E-state index is 14.2. The van der Waals surface area contributed by atoms with Crippen LogP contribution in [0.2, 0.25) is 0 Å². The summed E-state index contributed by atoms with van der Waals surface area (Å²) in [5.41, 5.74) is 2.39. The zero-order valence-electron chi connectivity index (χ0n) is 18.2. The van der Waals surface area contributed by atoms with Crippen LogP contribution in [0.15, 0.2) is 66.7 Å². The van der Waals surface area contributed by atoms with E-state index in [0.29, 0.717) is 29.0 Å². The van der Waals surface area contributed by atoms with Gasteiger partial charge in [0.15, 0.2) is 6.10 Å². The van der Waals surface area contributed by atoms with E-state index in [2.05, 4.69) is 5.32 Å². The van der Waals surface area contributed by atoms with Gasteiger partial charge in [0.25, 0.3) is 5.91 Å². The third kappa shape index (κ3) is 5.37. The first-order valence-electron chi connectivity index (χ1n) is 10.8. The molecule has 0 unspecified atom stereocenters. The lowest BCUT2D eigenvalue weighted by molar-refractivity contribution is -0.139. The summed E-state index contributed by atoms with van der Waals surface area (Å²) in [4.78, 5) is 27.1. The molecule has 7 heteroatoms. The molecule has 2 amide bonds. The van der Waals surface area contributed by atoms with E-state index in [9.17, 15) is 18.4 Å². The van der Waals surface area contributed by atoms with Gasteiger partial charge in [-0.2, -0.15) is 0 Å². The molecule has 3 aromatic rings. The van der Waals surface area contributed by atoms with E-state index >= 15 is 0 Å². The number of hydrogen-bond donors (Lipinski definition) is 1. The molecule has 1 aliphatic heterocycles. The highest BCUT2D eigenvalue weighted by Crippen LogP contribution is 2.30. The third-order valence-electron chi connectivity index (χ3n) is 5.53. The second kappa shape index (κ2) is 9.81. The van der Waals surface area contributed by atoms with Crippen molar-refractivity contribution in [1.29, 1.82) is 0 Å². The molecule has 0 aliphatic carbocycles. The van der Waals surface area contributed by atoms with Gasteiger partial charge in [0.2, 0.25) is 5.91 Å². The molecule has 0 aromatic heterocycles. The first kappa shape index (κ1) is 22.5. The highest BCUT2D eigenvalue weighted by molar-refractivity contribution is 5.92. The molecule has 1 atom stereocenters. The van der Waals surface area contributed by atoms with E-state index in [1.54, 1.807) is 53.4 Å².